The van der Waals surface area contributed by atoms with E-state index in [0.717, 1.165) is 45.3 Å². The quantitative estimate of drug-likeness (QED) is 0.607. The van der Waals surface area contributed by atoms with E-state index in [4.69, 9.17) is 4.74 Å². The maximum atomic E-state index is 9.50. The SMILES string of the molecule is COCCCCNC1CCCC1O. The number of aliphatic hydroxyl groups is 1. The van der Waals surface area contributed by atoms with Gasteiger partial charge >= 0.3 is 0 Å². The smallest absolute Gasteiger partial charge is 0.0693 e. The zero-order valence-corrected chi connectivity index (χ0v) is 8.46. The maximum Gasteiger partial charge on any atom is 0.0693 e. The molecule has 1 rings (SSSR count). The van der Waals surface area contributed by atoms with Crippen LogP contribution in [-0.4, -0.2) is 37.5 Å². The summed E-state index contributed by atoms with van der Waals surface area (Å²) < 4.78 is 4.96. The molecule has 1 fully saturated rings. The van der Waals surface area contributed by atoms with Gasteiger partial charge in [0.25, 0.3) is 0 Å². The van der Waals surface area contributed by atoms with Crippen molar-refractivity contribution in [1.29, 1.82) is 0 Å². The topological polar surface area (TPSA) is 41.5 Å². The zero-order valence-electron chi connectivity index (χ0n) is 8.46. The molecule has 0 aromatic rings. The standard InChI is InChI=1S/C10H21NO2/c1-13-8-3-2-7-11-9-5-4-6-10(9)12/h9-12H,2-8H2,1H3. The summed E-state index contributed by atoms with van der Waals surface area (Å²) in [5.74, 6) is 0. The summed E-state index contributed by atoms with van der Waals surface area (Å²) in [5.41, 5.74) is 0. The summed E-state index contributed by atoms with van der Waals surface area (Å²) in [6.07, 6.45) is 5.39. The molecule has 2 N–H and O–H groups in total. The van der Waals surface area contributed by atoms with E-state index in [1.807, 2.05) is 0 Å². The van der Waals surface area contributed by atoms with Crippen molar-refractivity contribution in [3.8, 4) is 0 Å². The van der Waals surface area contributed by atoms with Gasteiger partial charge in [-0.05, 0) is 38.6 Å². The molecular formula is C10H21NO2. The Hall–Kier alpha value is -0.120. The van der Waals surface area contributed by atoms with Gasteiger partial charge in [-0.3, -0.25) is 0 Å². The molecular weight excluding hydrogens is 166 g/mol. The molecule has 0 heterocycles. The van der Waals surface area contributed by atoms with Crippen LogP contribution >= 0.6 is 0 Å². The van der Waals surface area contributed by atoms with Crippen LogP contribution in [-0.2, 0) is 4.74 Å². The van der Waals surface area contributed by atoms with Crippen molar-refractivity contribution in [2.45, 2.75) is 44.2 Å². The van der Waals surface area contributed by atoms with Crippen molar-refractivity contribution < 1.29 is 9.84 Å². The van der Waals surface area contributed by atoms with Gasteiger partial charge in [0, 0.05) is 19.8 Å². The summed E-state index contributed by atoms with van der Waals surface area (Å²) in [6.45, 7) is 1.85. The van der Waals surface area contributed by atoms with E-state index in [1.54, 1.807) is 7.11 Å². The number of ether oxygens (including phenoxy) is 1. The lowest BCUT2D eigenvalue weighted by atomic mass is 10.2. The maximum absolute atomic E-state index is 9.50. The Balaban J connectivity index is 1.93. The van der Waals surface area contributed by atoms with E-state index in [1.165, 1.54) is 0 Å². The number of methoxy groups -OCH3 is 1. The average molecular weight is 187 g/mol. The zero-order chi connectivity index (χ0) is 9.52. The first-order chi connectivity index (χ1) is 6.34. The fraction of sp³-hybridized carbons (Fsp3) is 1.00. The molecule has 78 valence electrons. The molecule has 0 spiro atoms. The van der Waals surface area contributed by atoms with E-state index >= 15 is 0 Å². The highest BCUT2D eigenvalue weighted by Crippen LogP contribution is 2.18. The van der Waals surface area contributed by atoms with Crippen LogP contribution in [0.5, 0.6) is 0 Å². The summed E-state index contributed by atoms with van der Waals surface area (Å²) in [7, 11) is 1.73. The van der Waals surface area contributed by atoms with Gasteiger partial charge in [-0.15, -0.1) is 0 Å². The molecule has 2 unspecified atom stereocenters. The van der Waals surface area contributed by atoms with E-state index in [9.17, 15) is 5.11 Å². The van der Waals surface area contributed by atoms with E-state index in [0.29, 0.717) is 6.04 Å². The lowest BCUT2D eigenvalue weighted by Gasteiger charge is -2.15. The number of hydrogen-bond acceptors (Lipinski definition) is 3. The number of hydrogen-bond donors (Lipinski definition) is 2. The van der Waals surface area contributed by atoms with E-state index in [-0.39, 0.29) is 6.10 Å². The minimum absolute atomic E-state index is 0.109. The summed E-state index contributed by atoms with van der Waals surface area (Å²) in [6, 6.07) is 0.350. The Morgan fingerprint density at radius 1 is 1.38 bits per heavy atom. The molecule has 3 heteroatoms. The lowest BCUT2D eigenvalue weighted by molar-refractivity contribution is 0.148. The van der Waals surface area contributed by atoms with Crippen LogP contribution in [0, 0.1) is 0 Å². The number of nitrogens with one attached hydrogen (secondary N) is 1. The number of aliphatic hydroxyl groups excluding tert-OH is 1. The first kappa shape index (κ1) is 11.0. The molecule has 0 aromatic heterocycles. The molecule has 0 aromatic carbocycles. The van der Waals surface area contributed by atoms with Gasteiger partial charge in [0.05, 0.1) is 6.10 Å². The Kier molecular flexibility index (Phi) is 5.35. The Morgan fingerprint density at radius 3 is 2.85 bits per heavy atom. The van der Waals surface area contributed by atoms with Crippen LogP contribution in [0.15, 0.2) is 0 Å². The van der Waals surface area contributed by atoms with Crippen molar-refractivity contribution >= 4 is 0 Å². The fourth-order valence-corrected chi connectivity index (χ4v) is 1.84. The molecule has 13 heavy (non-hydrogen) atoms. The molecule has 0 saturated heterocycles. The largest absolute Gasteiger partial charge is 0.392 e. The molecule has 3 nitrogen and oxygen atoms in total. The van der Waals surface area contributed by atoms with Crippen molar-refractivity contribution in [3.05, 3.63) is 0 Å². The summed E-state index contributed by atoms with van der Waals surface area (Å²) >= 11 is 0. The predicted molar refractivity (Wildman–Crippen MR) is 52.8 cm³/mol. The van der Waals surface area contributed by atoms with Crippen molar-refractivity contribution in [2.24, 2.45) is 0 Å². The van der Waals surface area contributed by atoms with Crippen LogP contribution in [0.25, 0.3) is 0 Å². The molecule has 1 aliphatic carbocycles. The van der Waals surface area contributed by atoms with Crippen LogP contribution in [0.1, 0.15) is 32.1 Å². The molecule has 1 aliphatic rings. The molecule has 0 radical (unpaired) electrons. The summed E-state index contributed by atoms with van der Waals surface area (Å²) in [5, 5.41) is 12.9. The van der Waals surface area contributed by atoms with Gasteiger partial charge in [0.15, 0.2) is 0 Å². The van der Waals surface area contributed by atoms with Gasteiger partial charge in [0.2, 0.25) is 0 Å². The predicted octanol–water partition coefficient (Wildman–Crippen LogP) is 0.916. The highest BCUT2D eigenvalue weighted by Gasteiger charge is 2.23. The minimum atomic E-state index is -0.109. The molecule has 2 atom stereocenters. The number of unbranched alkanes of at least 4 members (excludes halogenated alkanes) is 1. The first-order valence-electron chi connectivity index (χ1n) is 5.25. The van der Waals surface area contributed by atoms with Crippen LogP contribution in [0.2, 0.25) is 0 Å². The van der Waals surface area contributed by atoms with Crippen molar-refractivity contribution in [3.63, 3.8) is 0 Å². The third-order valence-corrected chi connectivity index (χ3v) is 2.66. The van der Waals surface area contributed by atoms with Crippen molar-refractivity contribution in [2.75, 3.05) is 20.3 Å². The second-order valence-corrected chi connectivity index (χ2v) is 3.76. The van der Waals surface area contributed by atoms with Crippen molar-refractivity contribution in [1.82, 2.24) is 5.32 Å². The highest BCUT2D eigenvalue weighted by molar-refractivity contribution is 4.82. The van der Waals surface area contributed by atoms with E-state index in [2.05, 4.69) is 5.32 Å². The molecule has 1 saturated carbocycles. The summed E-state index contributed by atoms with van der Waals surface area (Å²) in [4.78, 5) is 0. The van der Waals surface area contributed by atoms with Gasteiger partial charge in [-0.25, -0.2) is 0 Å². The minimum Gasteiger partial charge on any atom is -0.392 e. The van der Waals surface area contributed by atoms with Crippen LogP contribution in [0.4, 0.5) is 0 Å². The Bertz CT molecular complexity index is 130. The Morgan fingerprint density at radius 2 is 2.23 bits per heavy atom. The molecule has 0 bridgehead atoms. The second kappa shape index (κ2) is 6.35. The Labute approximate surface area is 80.5 Å². The van der Waals surface area contributed by atoms with Gasteiger partial charge in [0.1, 0.15) is 0 Å². The third kappa shape index (κ3) is 4.07. The molecule has 0 aliphatic heterocycles. The van der Waals surface area contributed by atoms with E-state index < -0.39 is 0 Å². The van der Waals surface area contributed by atoms with Crippen LogP contribution < -0.4 is 5.32 Å². The van der Waals surface area contributed by atoms with Gasteiger partial charge < -0.3 is 15.2 Å². The number of rotatable bonds is 6. The van der Waals surface area contributed by atoms with Gasteiger partial charge in [-0.2, -0.15) is 0 Å². The monoisotopic (exact) mass is 187 g/mol. The third-order valence-electron chi connectivity index (χ3n) is 2.66. The van der Waals surface area contributed by atoms with Gasteiger partial charge in [-0.1, -0.05) is 0 Å². The van der Waals surface area contributed by atoms with Crippen LogP contribution in [0.3, 0.4) is 0 Å². The fourth-order valence-electron chi connectivity index (χ4n) is 1.84. The normalized spacial score (nSPS) is 28.2. The molecule has 0 amide bonds. The second-order valence-electron chi connectivity index (χ2n) is 3.76. The first-order valence-corrected chi connectivity index (χ1v) is 5.25. The lowest BCUT2D eigenvalue weighted by Crippen LogP contribution is -2.36. The highest BCUT2D eigenvalue weighted by atomic mass is 16.5. The average Bonchev–Trinajstić information content (AvgIpc) is 2.52.